The number of aromatic carboxylic acids is 1. The number of carboxylic acid groups (broad SMARTS) is 1. The van der Waals surface area contributed by atoms with Crippen molar-refractivity contribution in [1.82, 2.24) is 4.98 Å². The maximum absolute atomic E-state index is 12.8. The van der Waals surface area contributed by atoms with Crippen LogP contribution in [0.2, 0.25) is 0 Å². The van der Waals surface area contributed by atoms with Gasteiger partial charge < -0.3 is 10.0 Å². The van der Waals surface area contributed by atoms with Gasteiger partial charge in [0.05, 0.1) is 11.1 Å². The molecule has 7 heteroatoms. The molecule has 1 aliphatic heterocycles. The van der Waals surface area contributed by atoms with E-state index in [1.807, 2.05) is 4.90 Å². The lowest BCUT2D eigenvalue weighted by atomic mass is 9.96. The van der Waals surface area contributed by atoms with Gasteiger partial charge in [-0.15, -0.1) is 0 Å². The van der Waals surface area contributed by atoms with E-state index in [0.717, 1.165) is 12.5 Å². The molecule has 0 spiro atoms. The Labute approximate surface area is 136 Å². The summed E-state index contributed by atoms with van der Waals surface area (Å²) in [7, 11) is 0. The summed E-state index contributed by atoms with van der Waals surface area (Å²) in [4.78, 5) is 16.9. The fourth-order valence-corrected chi connectivity index (χ4v) is 2.91. The van der Waals surface area contributed by atoms with Crippen LogP contribution in [-0.4, -0.2) is 29.1 Å². The first-order chi connectivity index (χ1) is 11.3. The van der Waals surface area contributed by atoms with Crippen LogP contribution in [0.5, 0.6) is 0 Å². The molecule has 3 rings (SSSR count). The van der Waals surface area contributed by atoms with Crippen LogP contribution < -0.4 is 4.90 Å². The number of carbonyl (C=O) groups is 1. The number of pyridine rings is 1. The molecule has 1 aromatic heterocycles. The molecule has 1 N–H and O–H groups in total. The summed E-state index contributed by atoms with van der Waals surface area (Å²) in [6, 6.07) is 8.52. The minimum Gasteiger partial charge on any atom is -0.478 e. The Kier molecular flexibility index (Phi) is 4.17. The van der Waals surface area contributed by atoms with Crippen molar-refractivity contribution in [2.45, 2.75) is 18.5 Å². The second-order valence-electron chi connectivity index (χ2n) is 5.77. The van der Waals surface area contributed by atoms with Crippen LogP contribution in [0.4, 0.5) is 19.0 Å². The SMILES string of the molecule is O=C(O)c1ccc(N2CCC(c3cccc(C(F)(F)F)c3)C2)nc1. The van der Waals surface area contributed by atoms with Gasteiger partial charge in [-0.25, -0.2) is 9.78 Å². The van der Waals surface area contributed by atoms with Crippen molar-refractivity contribution < 1.29 is 23.1 Å². The third kappa shape index (κ3) is 3.34. The first-order valence-electron chi connectivity index (χ1n) is 7.46. The van der Waals surface area contributed by atoms with Gasteiger partial charge in [0.2, 0.25) is 0 Å². The maximum Gasteiger partial charge on any atom is 0.416 e. The zero-order valence-electron chi connectivity index (χ0n) is 12.6. The molecule has 1 atom stereocenters. The van der Waals surface area contributed by atoms with Crippen molar-refractivity contribution in [3.05, 3.63) is 59.3 Å². The molecular formula is C17H15F3N2O2. The number of alkyl halides is 3. The van der Waals surface area contributed by atoms with Gasteiger partial charge in [0.15, 0.2) is 0 Å². The average Bonchev–Trinajstić information content (AvgIpc) is 3.04. The first-order valence-corrected chi connectivity index (χ1v) is 7.46. The number of hydrogen-bond acceptors (Lipinski definition) is 3. The van der Waals surface area contributed by atoms with Gasteiger partial charge in [0.25, 0.3) is 0 Å². The van der Waals surface area contributed by atoms with Crippen molar-refractivity contribution in [2.75, 3.05) is 18.0 Å². The van der Waals surface area contributed by atoms with Gasteiger partial charge >= 0.3 is 12.1 Å². The van der Waals surface area contributed by atoms with E-state index in [0.29, 0.717) is 24.5 Å². The van der Waals surface area contributed by atoms with E-state index in [2.05, 4.69) is 4.98 Å². The van der Waals surface area contributed by atoms with Gasteiger partial charge in [-0.1, -0.05) is 18.2 Å². The monoisotopic (exact) mass is 336 g/mol. The molecule has 1 unspecified atom stereocenters. The van der Waals surface area contributed by atoms with Gasteiger partial charge in [-0.2, -0.15) is 13.2 Å². The number of aromatic nitrogens is 1. The van der Waals surface area contributed by atoms with Crippen molar-refractivity contribution in [3.8, 4) is 0 Å². The number of nitrogens with zero attached hydrogens (tertiary/aromatic N) is 2. The molecule has 0 radical (unpaired) electrons. The zero-order valence-corrected chi connectivity index (χ0v) is 12.6. The van der Waals surface area contributed by atoms with E-state index in [1.165, 1.54) is 24.4 Å². The normalized spacial score (nSPS) is 18.0. The van der Waals surface area contributed by atoms with Crippen molar-refractivity contribution >= 4 is 11.8 Å². The van der Waals surface area contributed by atoms with Crippen molar-refractivity contribution in [3.63, 3.8) is 0 Å². The third-order valence-corrected chi connectivity index (χ3v) is 4.19. The highest BCUT2D eigenvalue weighted by Crippen LogP contribution is 2.34. The molecule has 0 amide bonds. The molecule has 4 nitrogen and oxygen atoms in total. The van der Waals surface area contributed by atoms with E-state index in [1.54, 1.807) is 12.1 Å². The minimum atomic E-state index is -4.34. The quantitative estimate of drug-likeness (QED) is 0.926. The molecule has 2 aromatic rings. The molecule has 1 fully saturated rings. The van der Waals surface area contributed by atoms with Crippen LogP contribution >= 0.6 is 0 Å². The van der Waals surface area contributed by atoms with E-state index in [-0.39, 0.29) is 11.5 Å². The number of hydrogen-bond donors (Lipinski definition) is 1. The average molecular weight is 336 g/mol. The Bertz CT molecular complexity index is 744. The highest BCUT2D eigenvalue weighted by Gasteiger charge is 2.32. The summed E-state index contributed by atoms with van der Waals surface area (Å²) in [6.45, 7) is 1.22. The van der Waals surface area contributed by atoms with Crippen LogP contribution in [0.3, 0.4) is 0 Å². The molecular weight excluding hydrogens is 321 g/mol. The van der Waals surface area contributed by atoms with E-state index < -0.39 is 17.7 Å². The molecule has 24 heavy (non-hydrogen) atoms. The first kappa shape index (κ1) is 16.3. The summed E-state index contributed by atoms with van der Waals surface area (Å²) in [5.74, 6) is -0.417. The molecule has 2 heterocycles. The lowest BCUT2D eigenvalue weighted by molar-refractivity contribution is -0.137. The van der Waals surface area contributed by atoms with Crippen molar-refractivity contribution in [2.24, 2.45) is 0 Å². The number of halogens is 3. The highest BCUT2D eigenvalue weighted by atomic mass is 19.4. The van der Waals surface area contributed by atoms with Gasteiger partial charge in [0, 0.05) is 25.2 Å². The molecule has 0 saturated carbocycles. The molecule has 1 saturated heterocycles. The van der Waals surface area contributed by atoms with Crippen LogP contribution in [0.1, 0.15) is 33.8 Å². The number of carboxylic acids is 1. The van der Waals surface area contributed by atoms with Crippen LogP contribution in [0.25, 0.3) is 0 Å². The lowest BCUT2D eigenvalue weighted by Gasteiger charge is -2.18. The Morgan fingerprint density at radius 1 is 1.25 bits per heavy atom. The summed E-state index contributed by atoms with van der Waals surface area (Å²) in [5, 5.41) is 8.88. The summed E-state index contributed by atoms with van der Waals surface area (Å²) in [5.41, 5.74) is 0.129. The fourth-order valence-electron chi connectivity index (χ4n) is 2.91. The predicted molar refractivity (Wildman–Crippen MR) is 82.2 cm³/mol. The second-order valence-corrected chi connectivity index (χ2v) is 5.77. The molecule has 1 aromatic carbocycles. The van der Waals surface area contributed by atoms with Crippen LogP contribution in [-0.2, 0) is 6.18 Å². The molecule has 0 aliphatic carbocycles. The number of anilines is 1. The lowest BCUT2D eigenvalue weighted by Crippen LogP contribution is -2.20. The Balaban J connectivity index is 1.74. The molecule has 1 aliphatic rings. The summed E-state index contributed by atoms with van der Waals surface area (Å²) < 4.78 is 38.5. The van der Waals surface area contributed by atoms with E-state index in [9.17, 15) is 18.0 Å². The van der Waals surface area contributed by atoms with Crippen LogP contribution in [0, 0.1) is 0 Å². The van der Waals surface area contributed by atoms with Gasteiger partial charge in [-0.3, -0.25) is 0 Å². The topological polar surface area (TPSA) is 53.4 Å². The third-order valence-electron chi connectivity index (χ3n) is 4.19. The molecule has 126 valence electrons. The zero-order chi connectivity index (χ0) is 17.3. The summed E-state index contributed by atoms with van der Waals surface area (Å²) in [6.07, 6.45) is -2.33. The largest absolute Gasteiger partial charge is 0.478 e. The smallest absolute Gasteiger partial charge is 0.416 e. The van der Waals surface area contributed by atoms with E-state index >= 15 is 0 Å². The number of benzene rings is 1. The minimum absolute atomic E-state index is 0.00625. The molecule has 0 bridgehead atoms. The standard InChI is InChI=1S/C17H15F3N2O2/c18-17(19,20)14-3-1-2-11(8-14)13-6-7-22(10-13)15-5-4-12(9-21-15)16(23)24/h1-5,8-9,13H,6-7,10H2,(H,23,24). The van der Waals surface area contributed by atoms with E-state index in [4.69, 9.17) is 5.11 Å². The van der Waals surface area contributed by atoms with Gasteiger partial charge in [0.1, 0.15) is 5.82 Å². The highest BCUT2D eigenvalue weighted by molar-refractivity contribution is 5.87. The second kappa shape index (κ2) is 6.14. The van der Waals surface area contributed by atoms with Crippen molar-refractivity contribution in [1.29, 1.82) is 0 Å². The number of rotatable bonds is 3. The van der Waals surface area contributed by atoms with Crippen LogP contribution in [0.15, 0.2) is 42.6 Å². The maximum atomic E-state index is 12.8. The Morgan fingerprint density at radius 2 is 2.04 bits per heavy atom. The summed E-state index contributed by atoms with van der Waals surface area (Å²) >= 11 is 0. The van der Waals surface area contributed by atoms with Gasteiger partial charge in [-0.05, 0) is 30.2 Å². The fraction of sp³-hybridized carbons (Fsp3) is 0.294. The Hall–Kier alpha value is -2.57. The predicted octanol–water partition coefficient (Wildman–Crippen LogP) is 3.79. The Morgan fingerprint density at radius 3 is 2.67 bits per heavy atom.